The van der Waals surface area contributed by atoms with Crippen molar-refractivity contribution >= 4 is 74.4 Å². The number of carbonyl (C=O) groups is 4. The molecule has 4 heterocycles. The molecular formula is C37H38ClN9O4S2. The number of halogens is 1. The number of hydrogen-bond acceptors (Lipinski definition) is 10. The number of rotatable bonds is 12. The Balaban J connectivity index is 1.01. The van der Waals surface area contributed by atoms with E-state index in [4.69, 9.17) is 16.6 Å². The lowest BCUT2D eigenvalue weighted by Crippen LogP contribution is -2.35. The summed E-state index contributed by atoms with van der Waals surface area (Å²) in [5.41, 5.74) is 5.15. The molecule has 3 aromatic heterocycles. The number of anilines is 2. The summed E-state index contributed by atoms with van der Waals surface area (Å²) >= 11 is 9.21. The summed E-state index contributed by atoms with van der Waals surface area (Å²) in [7, 11) is 0. The summed E-state index contributed by atoms with van der Waals surface area (Å²) in [5, 5.41) is 21.9. The number of amides is 4. The average molecular weight is 772 g/mol. The Bertz CT molecular complexity index is 2220. The van der Waals surface area contributed by atoms with Crippen molar-refractivity contribution in [3.8, 4) is 5.00 Å². The number of fused-ring (bicyclic) bond motifs is 3. The number of thiophene rings is 1. The fourth-order valence-corrected chi connectivity index (χ4v) is 7.94. The second-order valence-corrected chi connectivity index (χ2v) is 15.4. The predicted molar refractivity (Wildman–Crippen MR) is 208 cm³/mol. The molecule has 274 valence electrons. The summed E-state index contributed by atoms with van der Waals surface area (Å²) in [6.45, 7) is 10.1. The predicted octanol–water partition coefficient (Wildman–Crippen LogP) is 6.17. The van der Waals surface area contributed by atoms with Gasteiger partial charge in [0.25, 0.3) is 5.91 Å². The maximum atomic E-state index is 13.2. The zero-order valence-electron chi connectivity index (χ0n) is 29.8. The molecule has 6 rings (SSSR count). The molecule has 1 atom stereocenters. The third-order valence-electron chi connectivity index (χ3n) is 8.78. The minimum absolute atomic E-state index is 0.0128. The van der Waals surface area contributed by atoms with Crippen LogP contribution in [0.5, 0.6) is 0 Å². The van der Waals surface area contributed by atoms with Gasteiger partial charge in [0.15, 0.2) is 11.0 Å². The number of nitrogens with zero attached hydrogens (tertiary/aromatic N) is 5. The number of aryl methyl sites for hydroxylation is 4. The number of aromatic nitrogens is 4. The van der Waals surface area contributed by atoms with E-state index < -0.39 is 17.9 Å². The smallest absolute Gasteiger partial charge is 0.259 e. The van der Waals surface area contributed by atoms with E-state index in [0.29, 0.717) is 27.5 Å². The standard InChI is InChI=1S/C37H38ClN9O4S2/c1-19-21(3)52-36-32(19)33(24-10-12-25(38)13-11-24)43-28(34-46-45-23(5)47(34)36)18-31(50)40-17-16-39-29(48)14-15-30(49)42-27-9-7-6-8-26(27)35(51)44-37-41-20(2)22(4)53-37/h6-13,28H,14-18H2,1-5H3,(H,39,48)(H,40,50)(H,42,49)(H,41,44,51)/t28-/m0/s1. The van der Waals surface area contributed by atoms with Crippen LogP contribution in [0.15, 0.2) is 53.5 Å². The zero-order valence-corrected chi connectivity index (χ0v) is 32.2. The number of aliphatic imine (C=N–C) groups is 1. The van der Waals surface area contributed by atoms with Crippen LogP contribution in [0.25, 0.3) is 5.00 Å². The van der Waals surface area contributed by atoms with E-state index in [9.17, 15) is 19.2 Å². The Hall–Kier alpha value is -5.25. The highest BCUT2D eigenvalue weighted by molar-refractivity contribution is 7.16. The Morgan fingerprint density at radius 1 is 0.811 bits per heavy atom. The van der Waals surface area contributed by atoms with Gasteiger partial charge in [-0.2, -0.15) is 0 Å². The summed E-state index contributed by atoms with van der Waals surface area (Å²) in [6, 6.07) is 13.5. The van der Waals surface area contributed by atoms with E-state index in [1.165, 1.54) is 11.3 Å². The van der Waals surface area contributed by atoms with Crippen LogP contribution in [-0.4, -0.2) is 62.2 Å². The zero-order chi connectivity index (χ0) is 37.8. The van der Waals surface area contributed by atoms with Gasteiger partial charge >= 0.3 is 0 Å². The molecule has 0 unspecified atom stereocenters. The second-order valence-electron chi connectivity index (χ2n) is 12.5. The van der Waals surface area contributed by atoms with Crippen LogP contribution in [0.2, 0.25) is 5.02 Å². The van der Waals surface area contributed by atoms with Crippen LogP contribution in [0.1, 0.15) is 79.4 Å². The van der Waals surface area contributed by atoms with E-state index in [1.807, 2.05) is 49.6 Å². The summed E-state index contributed by atoms with van der Waals surface area (Å²) in [6.07, 6.45) is -0.160. The molecule has 4 N–H and O–H groups in total. The highest BCUT2D eigenvalue weighted by atomic mass is 35.5. The van der Waals surface area contributed by atoms with Gasteiger partial charge < -0.3 is 16.0 Å². The van der Waals surface area contributed by atoms with E-state index in [2.05, 4.69) is 50.3 Å². The van der Waals surface area contributed by atoms with E-state index >= 15 is 0 Å². The van der Waals surface area contributed by atoms with Crippen LogP contribution >= 0.6 is 34.3 Å². The molecule has 0 bridgehead atoms. The minimum atomic E-state index is -0.619. The maximum Gasteiger partial charge on any atom is 0.259 e. The molecule has 4 amide bonds. The first-order chi connectivity index (χ1) is 25.4. The molecule has 0 saturated carbocycles. The van der Waals surface area contributed by atoms with Crippen molar-refractivity contribution in [3.05, 3.63) is 103 Å². The summed E-state index contributed by atoms with van der Waals surface area (Å²) in [4.78, 5) is 63.0. The van der Waals surface area contributed by atoms with Crippen molar-refractivity contribution < 1.29 is 19.2 Å². The van der Waals surface area contributed by atoms with Gasteiger partial charge in [-0.1, -0.05) is 35.9 Å². The van der Waals surface area contributed by atoms with Gasteiger partial charge in [-0.25, -0.2) is 4.98 Å². The lowest BCUT2D eigenvalue weighted by molar-refractivity contribution is -0.124. The Labute approximate surface area is 319 Å². The van der Waals surface area contributed by atoms with E-state index in [0.717, 1.165) is 42.9 Å². The monoisotopic (exact) mass is 771 g/mol. The SMILES string of the molecule is Cc1nc(NC(=O)c2ccccc2NC(=O)CCC(=O)NCCNC(=O)C[C@@H]2N=C(c3ccc(Cl)cc3)c3c(sc(C)c3C)-n3c(C)nnc32)sc1C. The third-order valence-corrected chi connectivity index (χ3v) is 11.2. The van der Waals surface area contributed by atoms with E-state index in [-0.39, 0.29) is 49.7 Å². The van der Waals surface area contributed by atoms with Crippen molar-refractivity contribution in [1.29, 1.82) is 0 Å². The molecule has 13 nitrogen and oxygen atoms in total. The topological polar surface area (TPSA) is 172 Å². The number of hydrogen-bond donors (Lipinski definition) is 4. The van der Waals surface area contributed by atoms with Crippen molar-refractivity contribution in [3.63, 3.8) is 0 Å². The van der Waals surface area contributed by atoms with Crippen LogP contribution < -0.4 is 21.3 Å². The van der Waals surface area contributed by atoms with Crippen LogP contribution in [-0.2, 0) is 14.4 Å². The first-order valence-corrected chi connectivity index (χ1v) is 18.9. The number of benzene rings is 2. The average Bonchev–Trinajstić information content (AvgIpc) is 3.73. The Morgan fingerprint density at radius 2 is 1.51 bits per heavy atom. The fraction of sp³-hybridized carbons (Fsp3) is 0.297. The number of carbonyl (C=O) groups excluding carboxylic acids is 4. The lowest BCUT2D eigenvalue weighted by atomic mass is 9.99. The Morgan fingerprint density at radius 3 is 2.23 bits per heavy atom. The molecule has 5 aromatic rings. The van der Waals surface area contributed by atoms with Gasteiger partial charge in [-0.3, -0.25) is 34.1 Å². The van der Waals surface area contributed by atoms with Gasteiger partial charge in [-0.05, 0) is 64.4 Å². The fourth-order valence-electron chi connectivity index (χ4n) is 5.79. The first-order valence-electron chi connectivity index (χ1n) is 16.9. The van der Waals surface area contributed by atoms with Crippen molar-refractivity contribution in [2.75, 3.05) is 23.7 Å². The molecule has 53 heavy (non-hydrogen) atoms. The molecule has 0 aliphatic carbocycles. The molecule has 1 aliphatic rings. The van der Waals surface area contributed by atoms with Gasteiger partial charge in [0.1, 0.15) is 16.9 Å². The largest absolute Gasteiger partial charge is 0.354 e. The van der Waals surface area contributed by atoms with Crippen molar-refractivity contribution in [2.24, 2.45) is 4.99 Å². The van der Waals surface area contributed by atoms with Gasteiger partial charge in [0.2, 0.25) is 17.7 Å². The van der Waals surface area contributed by atoms with Crippen LogP contribution in [0.3, 0.4) is 0 Å². The third kappa shape index (κ3) is 8.53. The number of nitrogens with one attached hydrogen (secondary N) is 4. The Kier molecular flexibility index (Phi) is 11.5. The van der Waals surface area contributed by atoms with Gasteiger partial charge in [0, 0.05) is 51.8 Å². The normalized spacial score (nSPS) is 13.3. The number of para-hydroxylation sites is 1. The molecule has 0 fully saturated rings. The van der Waals surface area contributed by atoms with Crippen molar-refractivity contribution in [1.82, 2.24) is 30.4 Å². The minimum Gasteiger partial charge on any atom is -0.354 e. The molecule has 0 saturated heterocycles. The van der Waals surface area contributed by atoms with Gasteiger partial charge in [0.05, 0.1) is 29.1 Å². The maximum absolute atomic E-state index is 13.2. The second kappa shape index (κ2) is 16.2. The quantitative estimate of drug-likeness (QED) is 0.110. The molecule has 0 radical (unpaired) electrons. The number of thiazole rings is 1. The highest BCUT2D eigenvalue weighted by Gasteiger charge is 2.32. The lowest BCUT2D eigenvalue weighted by Gasteiger charge is -2.13. The first kappa shape index (κ1) is 37.5. The molecule has 2 aromatic carbocycles. The van der Waals surface area contributed by atoms with Crippen LogP contribution in [0.4, 0.5) is 10.8 Å². The highest BCUT2D eigenvalue weighted by Crippen LogP contribution is 2.39. The van der Waals surface area contributed by atoms with Gasteiger partial charge in [-0.15, -0.1) is 32.9 Å². The molecule has 0 spiro atoms. The molecule has 16 heteroatoms. The van der Waals surface area contributed by atoms with E-state index in [1.54, 1.807) is 35.6 Å². The summed E-state index contributed by atoms with van der Waals surface area (Å²) in [5.74, 6) is -0.167. The van der Waals surface area contributed by atoms with Crippen molar-refractivity contribution in [2.45, 2.75) is 59.9 Å². The molecular weight excluding hydrogens is 734 g/mol. The van der Waals surface area contributed by atoms with Crippen LogP contribution in [0, 0.1) is 34.6 Å². The molecule has 1 aliphatic heterocycles. The summed E-state index contributed by atoms with van der Waals surface area (Å²) < 4.78 is 1.98.